The molecule has 3 heteroatoms. The van der Waals surface area contributed by atoms with Crippen molar-refractivity contribution in [1.29, 1.82) is 0 Å². The van der Waals surface area contributed by atoms with Gasteiger partial charge in [-0.05, 0) is 37.8 Å². The monoisotopic (exact) mass is 272 g/mol. The van der Waals surface area contributed by atoms with Gasteiger partial charge in [-0.2, -0.15) is 0 Å². The SMILES string of the molecule is C=CCC12CCCC1(OC(=O)c1ccccc1)OCC2. The molecular formula is C17H20O3. The fourth-order valence-corrected chi connectivity index (χ4v) is 3.67. The third kappa shape index (κ3) is 1.97. The number of fused-ring (bicyclic) bond motifs is 1. The van der Waals surface area contributed by atoms with Crippen molar-refractivity contribution < 1.29 is 14.3 Å². The molecule has 1 aliphatic carbocycles. The zero-order valence-corrected chi connectivity index (χ0v) is 11.6. The van der Waals surface area contributed by atoms with Crippen LogP contribution in [0.25, 0.3) is 0 Å². The van der Waals surface area contributed by atoms with Crippen LogP contribution in [0.1, 0.15) is 42.5 Å². The number of allylic oxidation sites excluding steroid dienone is 1. The second kappa shape index (κ2) is 5.06. The fourth-order valence-electron chi connectivity index (χ4n) is 3.67. The number of carbonyl (C=O) groups excluding carboxylic acids is 1. The highest BCUT2D eigenvalue weighted by Gasteiger charge is 2.61. The first-order valence-corrected chi connectivity index (χ1v) is 7.25. The summed E-state index contributed by atoms with van der Waals surface area (Å²) in [6.45, 7) is 4.51. The Morgan fingerprint density at radius 2 is 2.10 bits per heavy atom. The lowest BCUT2D eigenvalue weighted by Crippen LogP contribution is -2.44. The minimum absolute atomic E-state index is 0.0702. The van der Waals surface area contributed by atoms with Crippen molar-refractivity contribution in [3.05, 3.63) is 48.6 Å². The summed E-state index contributed by atoms with van der Waals surface area (Å²) < 4.78 is 11.8. The van der Waals surface area contributed by atoms with Gasteiger partial charge >= 0.3 is 5.97 Å². The van der Waals surface area contributed by atoms with Gasteiger partial charge < -0.3 is 9.47 Å². The summed E-state index contributed by atoms with van der Waals surface area (Å²) in [6, 6.07) is 9.12. The van der Waals surface area contributed by atoms with Gasteiger partial charge in [0, 0.05) is 11.8 Å². The Bertz CT molecular complexity index is 496. The molecule has 3 nitrogen and oxygen atoms in total. The van der Waals surface area contributed by atoms with Gasteiger partial charge in [0.25, 0.3) is 0 Å². The van der Waals surface area contributed by atoms with Crippen LogP contribution in [0.3, 0.4) is 0 Å². The smallest absolute Gasteiger partial charge is 0.340 e. The van der Waals surface area contributed by atoms with E-state index < -0.39 is 5.79 Å². The molecule has 1 saturated heterocycles. The lowest BCUT2D eigenvalue weighted by atomic mass is 9.77. The van der Waals surface area contributed by atoms with Gasteiger partial charge in [0.1, 0.15) is 0 Å². The first kappa shape index (κ1) is 13.4. The number of hydrogen-bond donors (Lipinski definition) is 0. The molecule has 2 fully saturated rings. The van der Waals surface area contributed by atoms with Crippen LogP contribution < -0.4 is 0 Å². The van der Waals surface area contributed by atoms with Gasteiger partial charge in [0.15, 0.2) is 0 Å². The van der Waals surface area contributed by atoms with E-state index in [1.54, 1.807) is 12.1 Å². The van der Waals surface area contributed by atoms with Crippen molar-refractivity contribution in [2.45, 2.75) is 37.9 Å². The third-order valence-electron chi connectivity index (χ3n) is 4.69. The second-order valence-electron chi connectivity index (χ2n) is 5.73. The Hall–Kier alpha value is -1.61. The molecule has 0 aromatic heterocycles. The van der Waals surface area contributed by atoms with Crippen LogP contribution in [-0.2, 0) is 9.47 Å². The van der Waals surface area contributed by atoms with Crippen LogP contribution in [0, 0.1) is 5.41 Å². The number of carbonyl (C=O) groups is 1. The maximum absolute atomic E-state index is 12.4. The molecule has 0 radical (unpaired) electrons. The van der Waals surface area contributed by atoms with Crippen LogP contribution in [0.5, 0.6) is 0 Å². The van der Waals surface area contributed by atoms with Gasteiger partial charge in [-0.25, -0.2) is 4.79 Å². The normalized spacial score (nSPS) is 31.8. The van der Waals surface area contributed by atoms with Gasteiger partial charge in [-0.1, -0.05) is 24.3 Å². The van der Waals surface area contributed by atoms with Crippen molar-refractivity contribution in [2.24, 2.45) is 5.41 Å². The molecule has 1 heterocycles. The highest BCUT2D eigenvalue weighted by Crippen LogP contribution is 2.58. The van der Waals surface area contributed by atoms with Crippen LogP contribution in [0.2, 0.25) is 0 Å². The van der Waals surface area contributed by atoms with E-state index in [1.165, 1.54) is 0 Å². The average molecular weight is 272 g/mol. The summed E-state index contributed by atoms with van der Waals surface area (Å²) in [6.07, 6.45) is 6.58. The quantitative estimate of drug-likeness (QED) is 0.619. The molecule has 0 N–H and O–H groups in total. The average Bonchev–Trinajstić information content (AvgIpc) is 2.94. The zero-order chi connectivity index (χ0) is 14.1. The first-order chi connectivity index (χ1) is 9.71. The number of benzene rings is 1. The summed E-state index contributed by atoms with van der Waals surface area (Å²) >= 11 is 0. The lowest BCUT2D eigenvalue weighted by Gasteiger charge is -2.37. The van der Waals surface area contributed by atoms with E-state index in [2.05, 4.69) is 6.58 Å². The van der Waals surface area contributed by atoms with E-state index in [9.17, 15) is 4.79 Å². The second-order valence-corrected chi connectivity index (χ2v) is 5.73. The van der Waals surface area contributed by atoms with E-state index in [4.69, 9.17) is 9.47 Å². The molecule has 106 valence electrons. The maximum atomic E-state index is 12.4. The number of esters is 1. The van der Waals surface area contributed by atoms with E-state index in [-0.39, 0.29) is 11.4 Å². The standard InChI is InChI=1S/C17H20O3/c1-2-9-16-10-6-11-17(16,19-13-12-16)20-15(18)14-7-4-3-5-8-14/h2-5,7-8H,1,6,9-13H2. The van der Waals surface area contributed by atoms with E-state index >= 15 is 0 Å². The molecule has 2 aliphatic rings. The molecule has 0 amide bonds. The number of rotatable bonds is 4. The Balaban J connectivity index is 1.85. The number of ether oxygens (including phenoxy) is 2. The predicted molar refractivity (Wildman–Crippen MR) is 76.3 cm³/mol. The lowest BCUT2D eigenvalue weighted by molar-refractivity contribution is -0.212. The molecule has 1 saturated carbocycles. The molecule has 2 atom stereocenters. The molecule has 1 aromatic carbocycles. The molecule has 0 bridgehead atoms. The Morgan fingerprint density at radius 3 is 2.85 bits per heavy atom. The summed E-state index contributed by atoms with van der Waals surface area (Å²) in [5.41, 5.74) is 0.510. The summed E-state index contributed by atoms with van der Waals surface area (Å²) in [5, 5.41) is 0. The topological polar surface area (TPSA) is 35.5 Å². The molecule has 3 rings (SSSR count). The van der Waals surface area contributed by atoms with Crippen LogP contribution >= 0.6 is 0 Å². The van der Waals surface area contributed by atoms with Crippen LogP contribution in [0.15, 0.2) is 43.0 Å². The van der Waals surface area contributed by atoms with Crippen molar-refractivity contribution in [2.75, 3.05) is 6.61 Å². The predicted octanol–water partition coefficient (Wildman–Crippen LogP) is 3.71. The minimum atomic E-state index is -0.742. The van der Waals surface area contributed by atoms with Gasteiger partial charge in [-0.15, -0.1) is 6.58 Å². The summed E-state index contributed by atoms with van der Waals surface area (Å²) in [7, 11) is 0. The van der Waals surface area contributed by atoms with Gasteiger partial charge in [0.2, 0.25) is 5.79 Å². The highest BCUT2D eigenvalue weighted by atomic mass is 16.7. The van der Waals surface area contributed by atoms with Crippen molar-refractivity contribution in [3.63, 3.8) is 0 Å². The highest BCUT2D eigenvalue weighted by molar-refractivity contribution is 5.89. The Morgan fingerprint density at radius 1 is 1.30 bits per heavy atom. The summed E-state index contributed by atoms with van der Waals surface area (Å²) in [4.78, 5) is 12.4. The van der Waals surface area contributed by atoms with Gasteiger partial charge in [0.05, 0.1) is 12.2 Å². The molecule has 1 aliphatic heterocycles. The van der Waals surface area contributed by atoms with Crippen LogP contribution in [-0.4, -0.2) is 18.4 Å². The Labute approximate surface area is 119 Å². The molecule has 1 aromatic rings. The van der Waals surface area contributed by atoms with E-state index in [1.807, 2.05) is 24.3 Å². The van der Waals surface area contributed by atoms with Crippen molar-refractivity contribution in [3.8, 4) is 0 Å². The number of hydrogen-bond acceptors (Lipinski definition) is 3. The first-order valence-electron chi connectivity index (χ1n) is 7.25. The summed E-state index contributed by atoms with van der Waals surface area (Å²) in [5.74, 6) is -1.03. The molecule has 0 spiro atoms. The zero-order valence-electron chi connectivity index (χ0n) is 11.6. The van der Waals surface area contributed by atoms with Crippen molar-refractivity contribution in [1.82, 2.24) is 0 Å². The maximum Gasteiger partial charge on any atom is 0.340 e. The minimum Gasteiger partial charge on any atom is -0.429 e. The third-order valence-corrected chi connectivity index (χ3v) is 4.69. The van der Waals surface area contributed by atoms with Gasteiger partial charge in [-0.3, -0.25) is 0 Å². The molecule has 20 heavy (non-hydrogen) atoms. The fraction of sp³-hybridized carbons (Fsp3) is 0.471. The van der Waals surface area contributed by atoms with Crippen LogP contribution in [0.4, 0.5) is 0 Å². The molecule has 2 unspecified atom stereocenters. The van der Waals surface area contributed by atoms with Crippen molar-refractivity contribution >= 4 is 5.97 Å². The molecular weight excluding hydrogens is 252 g/mol. The van der Waals surface area contributed by atoms with E-state index in [0.29, 0.717) is 12.2 Å². The van der Waals surface area contributed by atoms with E-state index in [0.717, 1.165) is 32.1 Å². The largest absolute Gasteiger partial charge is 0.429 e. The Kier molecular flexibility index (Phi) is 3.38.